The molecule has 1 aromatic rings. The highest BCUT2D eigenvalue weighted by atomic mass is 16.3. The Morgan fingerprint density at radius 2 is 2.36 bits per heavy atom. The van der Waals surface area contributed by atoms with E-state index in [4.69, 9.17) is 0 Å². The molecule has 4 nitrogen and oxygen atoms in total. The summed E-state index contributed by atoms with van der Waals surface area (Å²) in [5, 5.41) is 11.9. The summed E-state index contributed by atoms with van der Waals surface area (Å²) >= 11 is 0. The molecule has 0 spiro atoms. The molecule has 0 aromatic carbocycles. The average molecular weight is 194 g/mol. The molecule has 1 atom stereocenters. The second-order valence-electron chi connectivity index (χ2n) is 3.39. The third-order valence-corrected chi connectivity index (χ3v) is 2.00. The zero-order chi connectivity index (χ0) is 10.6. The first kappa shape index (κ1) is 10.7. The van der Waals surface area contributed by atoms with Gasteiger partial charge in [-0.25, -0.2) is 0 Å². The van der Waals surface area contributed by atoms with Gasteiger partial charge < -0.3 is 10.4 Å². The third-order valence-electron chi connectivity index (χ3n) is 2.00. The van der Waals surface area contributed by atoms with Gasteiger partial charge in [-0.05, 0) is 19.1 Å². The summed E-state index contributed by atoms with van der Waals surface area (Å²) in [5.41, 5.74) is -0.148. The number of amides is 1. The molecule has 0 fully saturated rings. The number of aliphatic hydroxyl groups is 1. The summed E-state index contributed by atoms with van der Waals surface area (Å²) in [7, 11) is 0. The first-order valence-electron chi connectivity index (χ1n) is 4.39. The predicted octanol–water partition coefficient (Wildman–Crippen LogP) is 0.425. The lowest BCUT2D eigenvalue weighted by Crippen LogP contribution is -2.45. The molecular formula is C10H14N2O2. The molecule has 0 saturated heterocycles. The maximum Gasteiger partial charge on any atom is 0.217 e. The fraction of sp³-hybridized carbons (Fsp3) is 0.400. The van der Waals surface area contributed by atoms with Gasteiger partial charge in [-0.15, -0.1) is 0 Å². The van der Waals surface area contributed by atoms with E-state index in [1.807, 2.05) is 6.07 Å². The lowest BCUT2D eigenvalue weighted by Gasteiger charge is -2.27. The van der Waals surface area contributed by atoms with Crippen LogP contribution in [0.4, 0.5) is 0 Å². The van der Waals surface area contributed by atoms with Gasteiger partial charge in [0.2, 0.25) is 5.91 Å². The van der Waals surface area contributed by atoms with Crippen molar-refractivity contribution in [1.29, 1.82) is 0 Å². The minimum absolute atomic E-state index is 0.177. The maximum atomic E-state index is 10.9. The van der Waals surface area contributed by atoms with E-state index in [1.54, 1.807) is 25.3 Å². The predicted molar refractivity (Wildman–Crippen MR) is 52.5 cm³/mol. The van der Waals surface area contributed by atoms with Crippen molar-refractivity contribution >= 4 is 5.91 Å². The number of carbonyl (C=O) groups is 1. The largest absolute Gasteiger partial charge is 0.394 e. The number of nitrogens with zero attached hydrogens (tertiary/aromatic N) is 1. The maximum absolute atomic E-state index is 10.9. The molecule has 1 heterocycles. The van der Waals surface area contributed by atoms with Crippen molar-refractivity contribution in [3.8, 4) is 0 Å². The highest BCUT2D eigenvalue weighted by molar-refractivity contribution is 5.74. The summed E-state index contributed by atoms with van der Waals surface area (Å²) in [6.07, 6.45) is 1.63. The fourth-order valence-corrected chi connectivity index (χ4v) is 1.26. The van der Waals surface area contributed by atoms with Crippen LogP contribution >= 0.6 is 0 Å². The Labute approximate surface area is 83.0 Å². The molecule has 76 valence electrons. The molecule has 1 rings (SSSR count). The van der Waals surface area contributed by atoms with E-state index < -0.39 is 5.54 Å². The van der Waals surface area contributed by atoms with Crippen LogP contribution in [0.2, 0.25) is 0 Å². The summed E-state index contributed by atoms with van der Waals surface area (Å²) < 4.78 is 0. The highest BCUT2D eigenvalue weighted by Gasteiger charge is 2.27. The summed E-state index contributed by atoms with van der Waals surface area (Å²) in [6, 6.07) is 5.37. The van der Waals surface area contributed by atoms with Crippen LogP contribution in [0.3, 0.4) is 0 Å². The third kappa shape index (κ3) is 2.29. The number of nitrogens with one attached hydrogen (secondary N) is 1. The van der Waals surface area contributed by atoms with Gasteiger partial charge in [0, 0.05) is 13.1 Å². The quantitative estimate of drug-likeness (QED) is 0.733. The van der Waals surface area contributed by atoms with Crippen molar-refractivity contribution in [2.45, 2.75) is 19.4 Å². The Morgan fingerprint density at radius 1 is 1.64 bits per heavy atom. The zero-order valence-electron chi connectivity index (χ0n) is 8.32. The Balaban J connectivity index is 2.95. The van der Waals surface area contributed by atoms with Gasteiger partial charge in [0.25, 0.3) is 0 Å². The molecule has 0 aliphatic rings. The summed E-state index contributed by atoms with van der Waals surface area (Å²) in [6.45, 7) is 2.97. The van der Waals surface area contributed by atoms with E-state index in [0.29, 0.717) is 5.69 Å². The number of aromatic nitrogens is 1. The van der Waals surface area contributed by atoms with E-state index in [2.05, 4.69) is 10.3 Å². The average Bonchev–Trinajstić information content (AvgIpc) is 2.18. The van der Waals surface area contributed by atoms with Crippen LogP contribution in [0.15, 0.2) is 24.4 Å². The lowest BCUT2D eigenvalue weighted by atomic mass is 9.98. The van der Waals surface area contributed by atoms with Crippen LogP contribution in [-0.2, 0) is 10.3 Å². The lowest BCUT2D eigenvalue weighted by molar-refractivity contribution is -0.121. The van der Waals surface area contributed by atoms with E-state index in [0.717, 1.165) is 0 Å². The van der Waals surface area contributed by atoms with Gasteiger partial charge in [0.15, 0.2) is 0 Å². The van der Waals surface area contributed by atoms with Crippen molar-refractivity contribution in [3.05, 3.63) is 30.1 Å². The molecule has 1 unspecified atom stereocenters. The van der Waals surface area contributed by atoms with Gasteiger partial charge >= 0.3 is 0 Å². The normalized spacial score (nSPS) is 14.5. The molecule has 0 radical (unpaired) electrons. The van der Waals surface area contributed by atoms with Crippen LogP contribution in [0, 0.1) is 0 Å². The minimum atomic E-state index is -0.799. The van der Waals surface area contributed by atoms with Gasteiger partial charge in [0.1, 0.15) is 5.54 Å². The molecule has 0 saturated carbocycles. The van der Waals surface area contributed by atoms with Crippen LogP contribution in [0.1, 0.15) is 19.5 Å². The number of hydrogen-bond acceptors (Lipinski definition) is 3. The van der Waals surface area contributed by atoms with Gasteiger partial charge in [-0.2, -0.15) is 0 Å². The Kier molecular flexibility index (Phi) is 3.19. The Bertz CT molecular complexity index is 313. The second kappa shape index (κ2) is 4.19. The number of carbonyl (C=O) groups excluding carboxylic acids is 1. The SMILES string of the molecule is CC(=O)NC(C)(CO)c1ccccn1. The van der Waals surface area contributed by atoms with Crippen molar-refractivity contribution < 1.29 is 9.90 Å². The first-order valence-corrected chi connectivity index (χ1v) is 4.39. The van der Waals surface area contributed by atoms with E-state index >= 15 is 0 Å². The molecule has 4 heteroatoms. The van der Waals surface area contributed by atoms with Crippen molar-refractivity contribution in [3.63, 3.8) is 0 Å². The molecule has 0 bridgehead atoms. The van der Waals surface area contributed by atoms with Crippen molar-refractivity contribution in [2.24, 2.45) is 0 Å². The number of hydrogen-bond donors (Lipinski definition) is 2. The molecular weight excluding hydrogens is 180 g/mol. The standard InChI is InChI=1S/C10H14N2O2/c1-8(14)12-10(2,7-13)9-5-3-4-6-11-9/h3-6,13H,7H2,1-2H3,(H,12,14). The first-order chi connectivity index (χ1) is 6.58. The monoisotopic (exact) mass is 194 g/mol. The topological polar surface area (TPSA) is 62.2 Å². The van der Waals surface area contributed by atoms with E-state index in [9.17, 15) is 9.90 Å². The van der Waals surface area contributed by atoms with Crippen LogP contribution in [-0.4, -0.2) is 22.6 Å². The molecule has 1 amide bonds. The van der Waals surface area contributed by atoms with Crippen LogP contribution in [0.25, 0.3) is 0 Å². The molecule has 1 aromatic heterocycles. The van der Waals surface area contributed by atoms with Gasteiger partial charge in [-0.3, -0.25) is 9.78 Å². The van der Waals surface area contributed by atoms with Gasteiger partial charge in [0.05, 0.1) is 12.3 Å². The zero-order valence-corrected chi connectivity index (χ0v) is 8.32. The Hall–Kier alpha value is -1.42. The van der Waals surface area contributed by atoms with Crippen LogP contribution < -0.4 is 5.32 Å². The smallest absolute Gasteiger partial charge is 0.217 e. The molecule has 0 aliphatic carbocycles. The fourth-order valence-electron chi connectivity index (χ4n) is 1.26. The van der Waals surface area contributed by atoms with Crippen LogP contribution in [0.5, 0.6) is 0 Å². The number of aliphatic hydroxyl groups excluding tert-OH is 1. The van der Waals surface area contributed by atoms with E-state index in [-0.39, 0.29) is 12.5 Å². The highest BCUT2D eigenvalue weighted by Crippen LogP contribution is 2.16. The minimum Gasteiger partial charge on any atom is -0.394 e. The molecule has 2 N–H and O–H groups in total. The second-order valence-corrected chi connectivity index (χ2v) is 3.39. The summed E-state index contributed by atoms with van der Waals surface area (Å²) in [5.74, 6) is -0.188. The molecule has 14 heavy (non-hydrogen) atoms. The van der Waals surface area contributed by atoms with Gasteiger partial charge in [-0.1, -0.05) is 6.07 Å². The Morgan fingerprint density at radius 3 is 2.79 bits per heavy atom. The van der Waals surface area contributed by atoms with Crippen molar-refractivity contribution in [2.75, 3.05) is 6.61 Å². The number of pyridine rings is 1. The van der Waals surface area contributed by atoms with Crippen molar-refractivity contribution in [1.82, 2.24) is 10.3 Å². The number of rotatable bonds is 3. The summed E-state index contributed by atoms with van der Waals surface area (Å²) in [4.78, 5) is 15.0. The molecule has 0 aliphatic heterocycles. The van der Waals surface area contributed by atoms with E-state index in [1.165, 1.54) is 6.92 Å².